The second-order valence-electron chi connectivity index (χ2n) is 9.69. The van der Waals surface area contributed by atoms with Gasteiger partial charge in [0.1, 0.15) is 11.3 Å². The van der Waals surface area contributed by atoms with Crippen LogP contribution in [-0.2, 0) is 18.5 Å². The van der Waals surface area contributed by atoms with E-state index < -0.39 is 0 Å². The van der Waals surface area contributed by atoms with Crippen LogP contribution in [0.4, 0.5) is 0 Å². The molecule has 29 heavy (non-hydrogen) atoms. The van der Waals surface area contributed by atoms with Crippen molar-refractivity contribution in [2.45, 2.75) is 83.7 Å². The van der Waals surface area contributed by atoms with Crippen molar-refractivity contribution in [2.75, 3.05) is 20.6 Å². The van der Waals surface area contributed by atoms with E-state index in [1.54, 1.807) is 4.57 Å². The molecule has 0 amide bonds. The van der Waals surface area contributed by atoms with Crippen molar-refractivity contribution in [1.29, 1.82) is 0 Å². The van der Waals surface area contributed by atoms with Crippen molar-refractivity contribution < 1.29 is 0 Å². The fraction of sp³-hybridized carbons (Fsp3) is 0.773. The van der Waals surface area contributed by atoms with E-state index in [0.717, 1.165) is 44.5 Å². The number of imidazole rings is 1. The van der Waals surface area contributed by atoms with Gasteiger partial charge in [0.05, 0.1) is 0 Å². The van der Waals surface area contributed by atoms with E-state index in [2.05, 4.69) is 24.0 Å². The van der Waals surface area contributed by atoms with Crippen LogP contribution in [0, 0.1) is 5.41 Å². The summed E-state index contributed by atoms with van der Waals surface area (Å²) in [5.41, 5.74) is 1.08. The van der Waals surface area contributed by atoms with E-state index in [9.17, 15) is 9.59 Å². The van der Waals surface area contributed by atoms with Gasteiger partial charge in [-0.2, -0.15) is 0 Å². The minimum Gasteiger partial charge on any atom is -0.336 e. The van der Waals surface area contributed by atoms with Crippen LogP contribution in [0.15, 0.2) is 9.59 Å². The molecule has 3 fully saturated rings. The summed E-state index contributed by atoms with van der Waals surface area (Å²) in [5, 5.41) is 0. The Morgan fingerprint density at radius 1 is 0.966 bits per heavy atom. The maximum Gasteiger partial charge on any atom is 0.332 e. The minimum absolute atomic E-state index is 0.0300. The normalized spacial score (nSPS) is 26.7. The van der Waals surface area contributed by atoms with Gasteiger partial charge >= 0.3 is 5.69 Å². The first-order chi connectivity index (χ1) is 13.8. The number of fused-ring (bicyclic) bond motifs is 4. The summed E-state index contributed by atoms with van der Waals surface area (Å²) < 4.78 is 3.08. The Balaban J connectivity index is 1.77. The molecular weight excluding hydrogens is 366 g/mol. The number of aryl methyl sites for hydroxylation is 1. The molecule has 0 spiro atoms. The van der Waals surface area contributed by atoms with Crippen LogP contribution >= 0.6 is 0 Å². The van der Waals surface area contributed by atoms with Gasteiger partial charge < -0.3 is 9.88 Å². The van der Waals surface area contributed by atoms with Gasteiger partial charge in [0.25, 0.3) is 5.56 Å². The standard InChI is InChI=1S/C22H35N5O2/c1-5-13-26-17-16(18(28)27(14-6-2)20(26)29)23-19(24-17)22-10-7-21(8-11-22,9-12-22)15-25(3)4/h5-15H2,1-4H3,(H,23,24). The van der Waals surface area contributed by atoms with E-state index in [1.165, 1.54) is 23.8 Å². The summed E-state index contributed by atoms with van der Waals surface area (Å²) in [6.45, 7) is 6.22. The van der Waals surface area contributed by atoms with Gasteiger partial charge in [0.15, 0.2) is 5.65 Å². The van der Waals surface area contributed by atoms with Crippen molar-refractivity contribution in [3.8, 4) is 0 Å². The number of nitrogens with one attached hydrogen (secondary N) is 1. The highest BCUT2D eigenvalue weighted by Crippen LogP contribution is 2.57. The molecule has 2 heterocycles. The zero-order valence-electron chi connectivity index (χ0n) is 18.4. The Labute approximate surface area is 172 Å². The molecule has 0 saturated heterocycles. The number of aromatic amines is 1. The number of H-pyrrole nitrogens is 1. The fourth-order valence-corrected chi connectivity index (χ4v) is 5.79. The first kappa shape index (κ1) is 20.4. The van der Waals surface area contributed by atoms with Crippen LogP contribution < -0.4 is 11.2 Å². The summed E-state index contributed by atoms with van der Waals surface area (Å²) in [6.07, 6.45) is 8.56. The highest BCUT2D eigenvalue weighted by atomic mass is 16.2. The Morgan fingerprint density at radius 2 is 1.55 bits per heavy atom. The summed E-state index contributed by atoms with van der Waals surface area (Å²) >= 11 is 0. The number of aromatic nitrogens is 4. The summed E-state index contributed by atoms with van der Waals surface area (Å²) in [6, 6.07) is 0. The summed E-state index contributed by atoms with van der Waals surface area (Å²) in [5.74, 6) is 0.932. The first-order valence-electron chi connectivity index (χ1n) is 11.2. The molecule has 3 saturated carbocycles. The molecule has 2 aromatic heterocycles. The lowest BCUT2D eigenvalue weighted by Crippen LogP contribution is -2.48. The number of nitrogens with zero attached hydrogens (tertiary/aromatic N) is 4. The topological polar surface area (TPSA) is 75.9 Å². The van der Waals surface area contributed by atoms with E-state index in [0.29, 0.717) is 29.7 Å². The van der Waals surface area contributed by atoms with Gasteiger partial charge in [-0.25, -0.2) is 9.78 Å². The summed E-state index contributed by atoms with van der Waals surface area (Å²) in [7, 11) is 4.33. The Bertz CT molecular complexity index is 988. The second kappa shape index (κ2) is 7.42. The van der Waals surface area contributed by atoms with Crippen LogP contribution in [0.25, 0.3) is 11.2 Å². The molecule has 0 atom stereocenters. The Hall–Kier alpha value is -1.89. The lowest BCUT2D eigenvalue weighted by atomic mass is 9.53. The fourth-order valence-electron chi connectivity index (χ4n) is 5.79. The van der Waals surface area contributed by atoms with Crippen molar-refractivity contribution in [1.82, 2.24) is 24.0 Å². The quantitative estimate of drug-likeness (QED) is 0.774. The van der Waals surface area contributed by atoms with Gasteiger partial charge in [0.2, 0.25) is 0 Å². The highest BCUT2D eigenvalue weighted by molar-refractivity contribution is 5.70. The first-order valence-corrected chi connectivity index (χ1v) is 11.2. The largest absolute Gasteiger partial charge is 0.336 e. The third kappa shape index (κ3) is 3.27. The molecular formula is C22H35N5O2. The van der Waals surface area contributed by atoms with Crippen LogP contribution in [0.1, 0.15) is 71.0 Å². The van der Waals surface area contributed by atoms with Crippen LogP contribution in [-0.4, -0.2) is 44.6 Å². The number of hydrogen-bond acceptors (Lipinski definition) is 4. The van der Waals surface area contributed by atoms with Gasteiger partial charge in [-0.3, -0.25) is 13.9 Å². The van der Waals surface area contributed by atoms with E-state index >= 15 is 0 Å². The van der Waals surface area contributed by atoms with Crippen LogP contribution in [0.5, 0.6) is 0 Å². The Kier molecular flexibility index (Phi) is 5.21. The zero-order chi connectivity index (χ0) is 20.8. The molecule has 7 nitrogen and oxygen atoms in total. The number of rotatable bonds is 7. The predicted octanol–water partition coefficient (Wildman–Crippen LogP) is 2.86. The SMILES string of the molecule is CCCn1c(=O)c2[nH]c(C34CCC(CN(C)C)(CC3)CC4)nc2n(CCC)c1=O. The molecule has 1 N–H and O–H groups in total. The monoisotopic (exact) mass is 401 g/mol. The molecule has 2 bridgehead atoms. The molecule has 2 aromatic rings. The molecule has 0 radical (unpaired) electrons. The maximum atomic E-state index is 13.0. The van der Waals surface area contributed by atoms with E-state index in [-0.39, 0.29) is 16.7 Å². The van der Waals surface area contributed by atoms with Gasteiger partial charge in [-0.15, -0.1) is 0 Å². The van der Waals surface area contributed by atoms with Gasteiger partial charge in [-0.1, -0.05) is 13.8 Å². The molecule has 3 aliphatic carbocycles. The van der Waals surface area contributed by atoms with Crippen LogP contribution in [0.3, 0.4) is 0 Å². The third-order valence-electron chi connectivity index (χ3n) is 7.31. The van der Waals surface area contributed by atoms with E-state index in [1.807, 2.05) is 13.8 Å². The smallest absolute Gasteiger partial charge is 0.332 e. The van der Waals surface area contributed by atoms with Crippen molar-refractivity contribution in [2.24, 2.45) is 5.41 Å². The molecule has 0 aromatic carbocycles. The van der Waals surface area contributed by atoms with E-state index in [4.69, 9.17) is 4.98 Å². The lowest BCUT2D eigenvalue weighted by molar-refractivity contribution is 0.0161. The molecule has 3 aliphatic rings. The van der Waals surface area contributed by atoms with Crippen LogP contribution in [0.2, 0.25) is 0 Å². The van der Waals surface area contributed by atoms with Crippen molar-refractivity contribution in [3.63, 3.8) is 0 Å². The molecule has 5 rings (SSSR count). The minimum atomic E-state index is -0.223. The summed E-state index contributed by atoms with van der Waals surface area (Å²) in [4.78, 5) is 36.6. The van der Waals surface area contributed by atoms with Crippen molar-refractivity contribution in [3.05, 3.63) is 26.7 Å². The molecule has 0 aliphatic heterocycles. The predicted molar refractivity (Wildman–Crippen MR) is 116 cm³/mol. The zero-order valence-corrected chi connectivity index (χ0v) is 18.4. The third-order valence-corrected chi connectivity index (χ3v) is 7.31. The highest BCUT2D eigenvalue weighted by Gasteiger charge is 2.51. The average Bonchev–Trinajstić information content (AvgIpc) is 3.15. The molecule has 160 valence electrons. The van der Waals surface area contributed by atoms with Gasteiger partial charge in [0, 0.05) is 25.0 Å². The molecule has 7 heteroatoms. The number of hydrogen-bond donors (Lipinski definition) is 1. The average molecular weight is 402 g/mol. The lowest BCUT2D eigenvalue weighted by Gasteiger charge is -2.53. The molecule has 0 unspecified atom stereocenters. The Morgan fingerprint density at radius 3 is 2.10 bits per heavy atom. The second-order valence-corrected chi connectivity index (χ2v) is 9.69. The maximum absolute atomic E-state index is 13.0. The van der Waals surface area contributed by atoms with Gasteiger partial charge in [-0.05, 0) is 70.9 Å². The van der Waals surface area contributed by atoms with Crippen molar-refractivity contribution >= 4 is 11.2 Å².